The summed E-state index contributed by atoms with van der Waals surface area (Å²) in [5.74, 6) is -5.97. The molecular formula is C7HBr2F3O2. The van der Waals surface area contributed by atoms with Crippen molar-refractivity contribution in [2.75, 3.05) is 0 Å². The van der Waals surface area contributed by atoms with E-state index >= 15 is 0 Å². The molecular weight excluding hydrogens is 333 g/mol. The lowest BCUT2D eigenvalue weighted by Gasteiger charge is -2.05. The van der Waals surface area contributed by atoms with Gasteiger partial charge in [-0.05, 0) is 31.9 Å². The Morgan fingerprint density at radius 1 is 1.00 bits per heavy atom. The third kappa shape index (κ3) is 1.66. The maximum absolute atomic E-state index is 13.0. The molecule has 1 N–H and O–H groups in total. The van der Waals surface area contributed by atoms with Crippen molar-refractivity contribution in [1.29, 1.82) is 0 Å². The first-order valence-electron chi connectivity index (χ1n) is 3.12. The van der Waals surface area contributed by atoms with Gasteiger partial charge in [0.05, 0.1) is 8.95 Å². The average molecular weight is 334 g/mol. The van der Waals surface area contributed by atoms with Crippen LogP contribution in [-0.4, -0.2) is 11.1 Å². The molecule has 0 aliphatic heterocycles. The van der Waals surface area contributed by atoms with E-state index in [0.29, 0.717) is 0 Å². The normalized spacial score (nSPS) is 10.4. The number of hydrogen-bond acceptors (Lipinski definition) is 1. The number of benzene rings is 1. The Morgan fingerprint density at radius 3 is 1.64 bits per heavy atom. The van der Waals surface area contributed by atoms with Crippen LogP contribution in [-0.2, 0) is 0 Å². The fourth-order valence-corrected chi connectivity index (χ4v) is 1.85. The topological polar surface area (TPSA) is 37.3 Å². The smallest absolute Gasteiger partial charge is 0.341 e. The van der Waals surface area contributed by atoms with Gasteiger partial charge in [0.25, 0.3) is 0 Å². The van der Waals surface area contributed by atoms with Crippen LogP contribution in [0.1, 0.15) is 10.4 Å². The zero-order valence-corrected chi connectivity index (χ0v) is 9.42. The van der Waals surface area contributed by atoms with E-state index in [4.69, 9.17) is 5.11 Å². The fraction of sp³-hybridized carbons (Fsp3) is 0. The molecule has 0 radical (unpaired) electrons. The molecule has 14 heavy (non-hydrogen) atoms. The zero-order chi connectivity index (χ0) is 11.0. The van der Waals surface area contributed by atoms with Crippen molar-refractivity contribution in [3.8, 4) is 0 Å². The third-order valence-corrected chi connectivity index (χ3v) is 2.82. The Bertz CT molecular complexity index is 391. The predicted molar refractivity (Wildman–Crippen MR) is 48.7 cm³/mol. The van der Waals surface area contributed by atoms with Crippen LogP contribution in [0.4, 0.5) is 13.2 Å². The monoisotopic (exact) mass is 332 g/mol. The van der Waals surface area contributed by atoms with Crippen LogP contribution in [0.2, 0.25) is 0 Å². The van der Waals surface area contributed by atoms with Gasteiger partial charge in [0.1, 0.15) is 5.56 Å². The molecule has 0 saturated heterocycles. The van der Waals surface area contributed by atoms with Crippen LogP contribution in [0.5, 0.6) is 0 Å². The van der Waals surface area contributed by atoms with Gasteiger partial charge in [0.2, 0.25) is 0 Å². The molecule has 1 aromatic rings. The molecule has 0 unspecified atom stereocenters. The predicted octanol–water partition coefficient (Wildman–Crippen LogP) is 3.33. The first-order chi connectivity index (χ1) is 6.37. The van der Waals surface area contributed by atoms with Gasteiger partial charge in [0.15, 0.2) is 17.5 Å². The molecule has 0 saturated carbocycles. The van der Waals surface area contributed by atoms with E-state index in [-0.39, 0.29) is 0 Å². The Kier molecular flexibility index (Phi) is 3.20. The number of halogens is 5. The Balaban J connectivity index is 3.68. The second kappa shape index (κ2) is 3.90. The van der Waals surface area contributed by atoms with Crippen molar-refractivity contribution in [3.63, 3.8) is 0 Å². The minimum Gasteiger partial charge on any atom is -0.477 e. The molecule has 76 valence electrons. The quantitative estimate of drug-likeness (QED) is 0.632. The zero-order valence-electron chi connectivity index (χ0n) is 6.25. The van der Waals surface area contributed by atoms with Crippen molar-refractivity contribution < 1.29 is 23.1 Å². The molecule has 0 atom stereocenters. The molecule has 2 nitrogen and oxygen atoms in total. The molecule has 0 aromatic heterocycles. The van der Waals surface area contributed by atoms with Gasteiger partial charge < -0.3 is 5.11 Å². The first-order valence-corrected chi connectivity index (χ1v) is 4.71. The highest BCUT2D eigenvalue weighted by Gasteiger charge is 2.26. The Morgan fingerprint density at radius 2 is 1.36 bits per heavy atom. The van der Waals surface area contributed by atoms with E-state index < -0.39 is 37.9 Å². The summed E-state index contributed by atoms with van der Waals surface area (Å²) < 4.78 is 37.5. The highest BCUT2D eigenvalue weighted by atomic mass is 79.9. The second-order valence-electron chi connectivity index (χ2n) is 2.25. The van der Waals surface area contributed by atoms with E-state index in [2.05, 4.69) is 31.9 Å². The number of rotatable bonds is 1. The summed E-state index contributed by atoms with van der Waals surface area (Å²) >= 11 is 4.95. The number of hydrogen-bond donors (Lipinski definition) is 1. The number of carbonyl (C=O) groups is 1. The van der Waals surface area contributed by atoms with Crippen molar-refractivity contribution in [2.24, 2.45) is 0 Å². The van der Waals surface area contributed by atoms with Gasteiger partial charge >= 0.3 is 5.97 Å². The lowest BCUT2D eigenvalue weighted by molar-refractivity contribution is 0.0685. The maximum Gasteiger partial charge on any atom is 0.341 e. The van der Waals surface area contributed by atoms with E-state index in [1.807, 2.05) is 0 Å². The van der Waals surface area contributed by atoms with Crippen LogP contribution in [0, 0.1) is 17.5 Å². The summed E-state index contributed by atoms with van der Waals surface area (Å²) in [4.78, 5) is 10.4. The number of aromatic carboxylic acids is 1. The molecule has 1 rings (SSSR count). The largest absolute Gasteiger partial charge is 0.477 e. The molecule has 0 bridgehead atoms. The van der Waals surface area contributed by atoms with Gasteiger partial charge in [-0.1, -0.05) is 0 Å². The van der Waals surface area contributed by atoms with Gasteiger partial charge in [-0.2, -0.15) is 0 Å². The minimum atomic E-state index is -1.80. The van der Waals surface area contributed by atoms with Crippen LogP contribution >= 0.6 is 31.9 Å². The SMILES string of the molecule is O=C(O)c1c(F)c(Br)c(F)c(Br)c1F. The van der Waals surface area contributed by atoms with Gasteiger partial charge in [-0.3, -0.25) is 0 Å². The standard InChI is InChI=1S/C7HBr2F3O2/c8-2-4(10)1(7(13)14)5(11)3(9)6(2)12/h(H,13,14). The van der Waals surface area contributed by atoms with Crippen LogP contribution in [0.25, 0.3) is 0 Å². The summed E-state index contributed by atoms with van der Waals surface area (Å²) in [5.41, 5.74) is -1.20. The van der Waals surface area contributed by atoms with Gasteiger partial charge in [-0.25, -0.2) is 18.0 Å². The first kappa shape index (κ1) is 11.5. The molecule has 0 amide bonds. The fourth-order valence-electron chi connectivity index (χ4n) is 0.793. The van der Waals surface area contributed by atoms with E-state index in [0.717, 1.165) is 0 Å². The maximum atomic E-state index is 13.0. The van der Waals surface area contributed by atoms with E-state index in [1.165, 1.54) is 0 Å². The third-order valence-electron chi connectivity index (χ3n) is 1.42. The van der Waals surface area contributed by atoms with Gasteiger partial charge in [0, 0.05) is 0 Å². The molecule has 0 spiro atoms. The number of carboxylic acids is 1. The van der Waals surface area contributed by atoms with Crippen LogP contribution < -0.4 is 0 Å². The Labute approximate surface area is 93.0 Å². The van der Waals surface area contributed by atoms with Crippen LogP contribution in [0.15, 0.2) is 8.95 Å². The van der Waals surface area contributed by atoms with E-state index in [9.17, 15) is 18.0 Å². The average Bonchev–Trinajstić information content (AvgIpc) is 2.11. The summed E-state index contributed by atoms with van der Waals surface area (Å²) in [6, 6.07) is 0. The lowest BCUT2D eigenvalue weighted by atomic mass is 10.2. The summed E-state index contributed by atoms with van der Waals surface area (Å²) in [6.45, 7) is 0. The molecule has 1 aromatic carbocycles. The molecule has 7 heteroatoms. The Hall–Kier alpha value is -0.560. The van der Waals surface area contributed by atoms with Gasteiger partial charge in [-0.15, -0.1) is 0 Å². The highest BCUT2D eigenvalue weighted by molar-refractivity contribution is 9.11. The number of carboxylic acid groups (broad SMARTS) is 1. The summed E-state index contributed by atoms with van der Waals surface area (Å²) in [5, 5.41) is 8.44. The highest BCUT2D eigenvalue weighted by Crippen LogP contribution is 2.32. The van der Waals surface area contributed by atoms with Crippen molar-refractivity contribution in [1.82, 2.24) is 0 Å². The van der Waals surface area contributed by atoms with Crippen molar-refractivity contribution in [3.05, 3.63) is 32.0 Å². The summed E-state index contributed by atoms with van der Waals surface area (Å²) in [7, 11) is 0. The van der Waals surface area contributed by atoms with Crippen molar-refractivity contribution in [2.45, 2.75) is 0 Å². The summed E-state index contributed by atoms with van der Waals surface area (Å²) in [6.07, 6.45) is 0. The van der Waals surface area contributed by atoms with Crippen LogP contribution in [0.3, 0.4) is 0 Å². The molecule has 0 heterocycles. The van der Waals surface area contributed by atoms with Crippen molar-refractivity contribution >= 4 is 37.8 Å². The second-order valence-corrected chi connectivity index (χ2v) is 3.84. The van der Waals surface area contributed by atoms with E-state index in [1.54, 1.807) is 0 Å². The minimum absolute atomic E-state index is 0.719. The lowest BCUT2D eigenvalue weighted by Crippen LogP contribution is -2.08. The molecule has 0 fully saturated rings. The molecule has 0 aliphatic rings. The molecule has 0 aliphatic carbocycles.